The largest absolute Gasteiger partial charge is 0.507 e. The summed E-state index contributed by atoms with van der Waals surface area (Å²) in [5, 5.41) is 11.4. The summed E-state index contributed by atoms with van der Waals surface area (Å²) in [6.45, 7) is -0.0171. The summed E-state index contributed by atoms with van der Waals surface area (Å²) in [6, 6.07) is 0. The standard InChI is InChI=1S/C10H9F3NO3S/c1-17-9(16)14-3-2-8(15)6-4-18(5-7(6)14)10(11,12)13/h2,4-5,15H,3H2,1H3. The molecule has 0 fully saturated rings. The number of halogens is 3. The third kappa shape index (κ3) is 2.07. The Labute approximate surface area is 103 Å². The van der Waals surface area contributed by atoms with Crippen molar-refractivity contribution in [3.8, 4) is 0 Å². The number of carbonyl (C=O) groups is 1. The van der Waals surface area contributed by atoms with Crippen LogP contribution in [0.5, 0.6) is 0 Å². The van der Waals surface area contributed by atoms with Crippen molar-refractivity contribution in [3.63, 3.8) is 0 Å². The number of carbonyl (C=O) groups excluding carboxylic acids is 1. The third-order valence-electron chi connectivity index (χ3n) is 2.46. The number of aliphatic hydroxyl groups is 1. The van der Waals surface area contributed by atoms with Crippen LogP contribution in [0.25, 0.3) is 0 Å². The SMILES string of the molecule is COC(=O)N1CC=C(O)C2=C[S](C(F)(F)F)C=C21. The van der Waals surface area contributed by atoms with Gasteiger partial charge in [-0.2, -0.15) is 13.2 Å². The average Bonchev–Trinajstić information content (AvgIpc) is 2.74. The minimum atomic E-state index is -4.42. The zero-order valence-electron chi connectivity index (χ0n) is 9.19. The van der Waals surface area contributed by atoms with E-state index in [0.717, 1.165) is 22.8 Å². The van der Waals surface area contributed by atoms with Crippen LogP contribution in [-0.2, 0) is 4.74 Å². The summed E-state index contributed by atoms with van der Waals surface area (Å²) in [5.41, 5.74) is -4.35. The first-order valence-electron chi connectivity index (χ1n) is 4.82. The van der Waals surface area contributed by atoms with E-state index in [2.05, 4.69) is 4.74 Å². The predicted molar refractivity (Wildman–Crippen MR) is 59.6 cm³/mol. The van der Waals surface area contributed by atoms with Gasteiger partial charge in [-0.1, -0.05) is 10.9 Å². The van der Waals surface area contributed by atoms with E-state index in [4.69, 9.17) is 0 Å². The van der Waals surface area contributed by atoms with Crippen molar-refractivity contribution in [3.05, 3.63) is 33.9 Å². The van der Waals surface area contributed by atoms with Gasteiger partial charge in [-0.3, -0.25) is 4.90 Å². The van der Waals surface area contributed by atoms with Crippen LogP contribution < -0.4 is 0 Å². The molecule has 1 N–H and O–H groups in total. The molecule has 0 aromatic rings. The molecule has 2 heterocycles. The van der Waals surface area contributed by atoms with Gasteiger partial charge in [-0.05, 0) is 16.9 Å². The lowest BCUT2D eigenvalue weighted by atomic mass is 10.1. The highest BCUT2D eigenvalue weighted by Crippen LogP contribution is 2.55. The molecule has 99 valence electrons. The number of hydrogen-bond donors (Lipinski definition) is 1. The lowest BCUT2D eigenvalue weighted by Crippen LogP contribution is -2.33. The Bertz CT molecular complexity index is 481. The van der Waals surface area contributed by atoms with Crippen LogP contribution in [0, 0.1) is 0 Å². The number of fused-ring (bicyclic) bond motifs is 1. The molecule has 0 aliphatic carbocycles. The van der Waals surface area contributed by atoms with Crippen molar-refractivity contribution in [1.82, 2.24) is 4.90 Å². The van der Waals surface area contributed by atoms with E-state index in [-0.39, 0.29) is 23.6 Å². The Hall–Kier alpha value is -1.57. The molecule has 0 atom stereocenters. The van der Waals surface area contributed by atoms with Crippen molar-refractivity contribution in [1.29, 1.82) is 0 Å². The second kappa shape index (κ2) is 4.27. The molecule has 0 spiro atoms. The molecule has 2 aliphatic rings. The zero-order valence-corrected chi connectivity index (χ0v) is 10.0. The fourth-order valence-electron chi connectivity index (χ4n) is 1.61. The summed E-state index contributed by atoms with van der Waals surface area (Å²) in [6.07, 6.45) is 0.507. The summed E-state index contributed by atoms with van der Waals surface area (Å²) in [7, 11) is -0.957. The van der Waals surface area contributed by atoms with Crippen molar-refractivity contribution in [2.75, 3.05) is 13.7 Å². The highest BCUT2D eigenvalue weighted by atomic mass is 32.2. The number of amides is 1. The summed E-state index contributed by atoms with van der Waals surface area (Å²) < 4.78 is 42.4. The molecule has 0 bridgehead atoms. The Morgan fingerprint density at radius 1 is 1.50 bits per heavy atom. The number of nitrogens with zero attached hydrogens (tertiary/aromatic N) is 1. The van der Waals surface area contributed by atoms with Gasteiger partial charge in [0.05, 0.1) is 19.4 Å². The zero-order chi connectivity index (χ0) is 13.5. The second-order valence-corrected chi connectivity index (χ2v) is 5.20. The van der Waals surface area contributed by atoms with E-state index in [0.29, 0.717) is 0 Å². The van der Waals surface area contributed by atoms with Crippen molar-refractivity contribution in [2.24, 2.45) is 0 Å². The Kier molecular flexibility index (Phi) is 3.05. The highest BCUT2D eigenvalue weighted by Gasteiger charge is 2.42. The van der Waals surface area contributed by atoms with Gasteiger partial charge in [0.15, 0.2) is 0 Å². The minimum absolute atomic E-state index is 0.0171. The average molecular weight is 280 g/mol. The molecule has 18 heavy (non-hydrogen) atoms. The van der Waals surface area contributed by atoms with E-state index < -0.39 is 22.5 Å². The first-order chi connectivity index (χ1) is 8.34. The number of methoxy groups -OCH3 is 1. The first-order valence-corrected chi connectivity index (χ1v) is 6.17. The second-order valence-electron chi connectivity index (χ2n) is 3.52. The van der Waals surface area contributed by atoms with Gasteiger partial charge in [0.2, 0.25) is 0 Å². The van der Waals surface area contributed by atoms with Gasteiger partial charge in [-0.15, -0.1) is 0 Å². The Balaban J connectivity index is 2.40. The topological polar surface area (TPSA) is 49.8 Å². The maximum absolute atomic E-state index is 12.6. The Morgan fingerprint density at radius 3 is 2.72 bits per heavy atom. The lowest BCUT2D eigenvalue weighted by molar-refractivity contribution is -0.0337. The van der Waals surface area contributed by atoms with Crippen LogP contribution in [0.15, 0.2) is 33.9 Å². The number of hydrogen-bond acceptors (Lipinski definition) is 3. The minimum Gasteiger partial charge on any atom is -0.507 e. The fraction of sp³-hybridized carbons (Fsp3) is 0.300. The van der Waals surface area contributed by atoms with Gasteiger partial charge in [0, 0.05) is 5.57 Å². The van der Waals surface area contributed by atoms with Gasteiger partial charge < -0.3 is 9.84 Å². The molecule has 0 aromatic heterocycles. The van der Waals surface area contributed by atoms with Crippen LogP contribution in [0.4, 0.5) is 18.0 Å². The maximum atomic E-state index is 12.6. The molecule has 2 rings (SSSR count). The first kappa shape index (κ1) is 12.9. The number of alkyl halides is 3. The number of aliphatic hydroxyl groups excluding tert-OH is 1. The van der Waals surface area contributed by atoms with Gasteiger partial charge >= 0.3 is 11.6 Å². The normalized spacial score (nSPS) is 20.0. The molecular formula is C10H9F3NO3S. The smallest absolute Gasteiger partial charge is 0.440 e. The molecule has 0 aromatic carbocycles. The predicted octanol–water partition coefficient (Wildman–Crippen LogP) is 3.04. The number of ether oxygens (including phenoxy) is 1. The molecule has 8 heteroatoms. The molecule has 2 aliphatic heterocycles. The Morgan fingerprint density at radius 2 is 2.17 bits per heavy atom. The van der Waals surface area contributed by atoms with Crippen LogP contribution >= 0.6 is 10.9 Å². The van der Waals surface area contributed by atoms with Crippen LogP contribution in [0.1, 0.15) is 0 Å². The lowest BCUT2D eigenvalue weighted by Gasteiger charge is -2.26. The van der Waals surface area contributed by atoms with E-state index in [9.17, 15) is 23.1 Å². The van der Waals surface area contributed by atoms with Crippen molar-refractivity contribution < 1.29 is 27.8 Å². The molecule has 0 unspecified atom stereocenters. The summed E-state index contributed by atoms with van der Waals surface area (Å²) in [4.78, 5) is 12.5. The van der Waals surface area contributed by atoms with E-state index in [1.165, 1.54) is 6.08 Å². The maximum Gasteiger partial charge on any atom is 0.440 e. The molecule has 1 radical (unpaired) electrons. The summed E-state index contributed by atoms with van der Waals surface area (Å²) in [5.74, 6) is -0.249. The van der Waals surface area contributed by atoms with Gasteiger partial charge in [0.1, 0.15) is 5.76 Å². The quantitative estimate of drug-likeness (QED) is 0.742. The highest BCUT2D eigenvalue weighted by molar-refractivity contribution is 8.23. The summed E-state index contributed by atoms with van der Waals surface area (Å²) >= 11 is 0. The molecule has 1 amide bonds. The molecule has 0 saturated carbocycles. The monoisotopic (exact) mass is 280 g/mol. The van der Waals surface area contributed by atoms with E-state index in [1.54, 1.807) is 0 Å². The third-order valence-corrected chi connectivity index (χ3v) is 3.96. The van der Waals surface area contributed by atoms with Crippen molar-refractivity contribution in [2.45, 2.75) is 5.51 Å². The number of rotatable bonds is 0. The van der Waals surface area contributed by atoms with Gasteiger partial charge in [-0.25, -0.2) is 4.79 Å². The molecule has 0 saturated heterocycles. The van der Waals surface area contributed by atoms with Crippen LogP contribution in [-0.4, -0.2) is 35.3 Å². The van der Waals surface area contributed by atoms with Crippen molar-refractivity contribution >= 4 is 17.0 Å². The van der Waals surface area contributed by atoms with E-state index >= 15 is 0 Å². The van der Waals surface area contributed by atoms with Gasteiger partial charge in [0.25, 0.3) is 0 Å². The molecular weight excluding hydrogens is 271 g/mol. The van der Waals surface area contributed by atoms with Crippen LogP contribution in [0.2, 0.25) is 0 Å². The molecule has 4 nitrogen and oxygen atoms in total. The van der Waals surface area contributed by atoms with Crippen LogP contribution in [0.3, 0.4) is 0 Å². The van der Waals surface area contributed by atoms with E-state index in [1.807, 2.05) is 0 Å². The fourth-order valence-corrected chi connectivity index (χ4v) is 2.93.